The monoisotopic (exact) mass is 501 g/mol. The Labute approximate surface area is 216 Å². The maximum Gasteiger partial charge on any atom is 0.338 e. The number of amidine groups is 1. The van der Waals surface area contributed by atoms with E-state index in [0.717, 1.165) is 41.3 Å². The van der Waals surface area contributed by atoms with Gasteiger partial charge in [-0.15, -0.1) is 0 Å². The average Bonchev–Trinajstić information content (AvgIpc) is 3.25. The minimum Gasteiger partial charge on any atom is -0.463 e. The summed E-state index contributed by atoms with van der Waals surface area (Å²) < 4.78 is 5.44. The van der Waals surface area contributed by atoms with Crippen molar-refractivity contribution in [1.82, 2.24) is 10.2 Å². The third-order valence-corrected chi connectivity index (χ3v) is 7.91. The van der Waals surface area contributed by atoms with Gasteiger partial charge in [0.15, 0.2) is 5.17 Å². The molecule has 186 valence electrons. The summed E-state index contributed by atoms with van der Waals surface area (Å²) in [5.41, 5.74) is 6.61. The number of carbonyl (C=O) groups is 2. The van der Waals surface area contributed by atoms with Crippen LogP contribution in [0, 0.1) is 6.92 Å². The Morgan fingerprint density at radius 1 is 1.11 bits per heavy atom. The van der Waals surface area contributed by atoms with Gasteiger partial charge in [0.05, 0.1) is 36.4 Å². The molecule has 2 aliphatic heterocycles. The molecule has 36 heavy (non-hydrogen) atoms. The highest BCUT2D eigenvalue weighted by Gasteiger charge is 2.41. The van der Waals surface area contributed by atoms with Gasteiger partial charge in [-0.05, 0) is 67.7 Å². The van der Waals surface area contributed by atoms with Crippen molar-refractivity contribution in [3.05, 3.63) is 93.2 Å². The number of hydrogen-bond acceptors (Lipinski definition) is 6. The van der Waals surface area contributed by atoms with Gasteiger partial charge in [-0.25, -0.2) is 9.79 Å². The molecule has 1 aliphatic carbocycles. The molecule has 2 aromatic carbocycles. The molecule has 6 nitrogen and oxygen atoms in total. The summed E-state index contributed by atoms with van der Waals surface area (Å²) in [6.07, 6.45) is 3.26. The number of allylic oxidation sites excluding steroid dienone is 1. The average molecular weight is 502 g/mol. The fourth-order valence-electron chi connectivity index (χ4n) is 5.34. The summed E-state index contributed by atoms with van der Waals surface area (Å²) in [6.45, 7) is 5.99. The molecule has 7 heteroatoms. The molecule has 1 amide bonds. The zero-order valence-corrected chi connectivity index (χ0v) is 21.7. The van der Waals surface area contributed by atoms with E-state index in [1.807, 2.05) is 54.5 Å². The highest BCUT2D eigenvalue weighted by atomic mass is 32.2. The SMILES string of the molecule is CCOC(=O)C1=C(C)N=C2SC=C(CC(=O)N[C@H]3CCCc4ccccc43)N2[C@@H]1c1ccccc1C. The number of amides is 1. The van der Waals surface area contributed by atoms with Crippen molar-refractivity contribution in [1.29, 1.82) is 0 Å². The highest BCUT2D eigenvalue weighted by molar-refractivity contribution is 8.16. The van der Waals surface area contributed by atoms with E-state index in [0.29, 0.717) is 11.3 Å². The predicted molar refractivity (Wildman–Crippen MR) is 143 cm³/mol. The molecule has 0 radical (unpaired) electrons. The van der Waals surface area contributed by atoms with Crippen LogP contribution in [0.3, 0.4) is 0 Å². The van der Waals surface area contributed by atoms with Gasteiger partial charge in [-0.3, -0.25) is 4.79 Å². The number of carbonyl (C=O) groups excluding carboxylic acids is 2. The maximum absolute atomic E-state index is 13.3. The number of ether oxygens (including phenoxy) is 1. The van der Waals surface area contributed by atoms with Crippen LogP contribution in [-0.2, 0) is 20.7 Å². The van der Waals surface area contributed by atoms with Gasteiger partial charge >= 0.3 is 5.97 Å². The van der Waals surface area contributed by atoms with Crippen LogP contribution in [0.1, 0.15) is 67.4 Å². The van der Waals surface area contributed by atoms with Gasteiger partial charge in [0.2, 0.25) is 5.91 Å². The van der Waals surface area contributed by atoms with E-state index in [2.05, 4.69) is 23.5 Å². The lowest BCUT2D eigenvalue weighted by molar-refractivity contribution is -0.139. The van der Waals surface area contributed by atoms with E-state index in [9.17, 15) is 9.59 Å². The number of fused-ring (bicyclic) bond motifs is 2. The smallest absolute Gasteiger partial charge is 0.338 e. The number of nitrogens with one attached hydrogen (secondary N) is 1. The van der Waals surface area contributed by atoms with Gasteiger partial charge in [-0.1, -0.05) is 60.3 Å². The second kappa shape index (κ2) is 10.3. The van der Waals surface area contributed by atoms with Gasteiger partial charge in [0, 0.05) is 5.70 Å². The van der Waals surface area contributed by atoms with Crippen molar-refractivity contribution in [3.8, 4) is 0 Å². The van der Waals surface area contributed by atoms with Gasteiger partial charge < -0.3 is 15.0 Å². The molecule has 0 fully saturated rings. The minimum atomic E-state index is -0.401. The quantitative estimate of drug-likeness (QED) is 0.513. The second-order valence-electron chi connectivity index (χ2n) is 9.36. The Kier molecular flexibility index (Phi) is 7.01. The fourth-order valence-corrected chi connectivity index (χ4v) is 6.31. The first-order chi connectivity index (χ1) is 17.5. The first-order valence-electron chi connectivity index (χ1n) is 12.5. The highest BCUT2D eigenvalue weighted by Crippen LogP contribution is 2.45. The minimum absolute atomic E-state index is 0.0241. The van der Waals surface area contributed by atoms with Crippen molar-refractivity contribution in [2.75, 3.05) is 6.61 Å². The molecular formula is C29H31N3O3S. The van der Waals surface area contributed by atoms with Crippen LogP contribution < -0.4 is 5.32 Å². The third-order valence-electron chi connectivity index (χ3n) is 7.03. The van der Waals surface area contributed by atoms with Crippen LogP contribution in [0.15, 0.2) is 75.9 Å². The summed E-state index contributed by atoms with van der Waals surface area (Å²) >= 11 is 1.49. The standard InChI is InChI=1S/C29H31N3O3S/c1-4-35-28(34)26-19(3)30-29-32(27(26)22-13-7-5-10-18(22)2)21(17-36-29)16-25(33)31-24-15-9-12-20-11-6-8-14-23(20)24/h5-8,10-11,13-14,17,24,27H,4,9,12,15-16H2,1-3H3,(H,31,33)/t24-,27+/m0/s1. The first-order valence-corrected chi connectivity index (χ1v) is 13.4. The summed E-state index contributed by atoms with van der Waals surface area (Å²) in [7, 11) is 0. The molecule has 0 unspecified atom stereocenters. The second-order valence-corrected chi connectivity index (χ2v) is 10.2. The number of hydrogen-bond donors (Lipinski definition) is 1. The van der Waals surface area contributed by atoms with Crippen molar-refractivity contribution in [3.63, 3.8) is 0 Å². The van der Waals surface area contributed by atoms with Gasteiger partial charge in [0.1, 0.15) is 0 Å². The van der Waals surface area contributed by atoms with Crippen LogP contribution in [0.25, 0.3) is 0 Å². The lowest BCUT2D eigenvalue weighted by atomic mass is 9.87. The summed E-state index contributed by atoms with van der Waals surface area (Å²) in [6, 6.07) is 16.0. The Hall–Kier alpha value is -3.32. The Bertz CT molecular complexity index is 1300. The summed E-state index contributed by atoms with van der Waals surface area (Å²) in [4.78, 5) is 33.2. The summed E-state index contributed by atoms with van der Waals surface area (Å²) in [5.74, 6) is -0.400. The van der Waals surface area contributed by atoms with Crippen molar-refractivity contribution >= 4 is 28.8 Å². The lowest BCUT2D eigenvalue weighted by Gasteiger charge is -2.37. The molecule has 1 N–H and O–H groups in total. The van der Waals surface area contributed by atoms with Gasteiger partial charge in [0.25, 0.3) is 0 Å². The number of nitrogens with zero attached hydrogens (tertiary/aromatic N) is 2. The topological polar surface area (TPSA) is 71.0 Å². The molecule has 2 atom stereocenters. The molecule has 0 saturated heterocycles. The van der Waals surface area contributed by atoms with Crippen LogP contribution in [-0.4, -0.2) is 28.6 Å². The number of thioether (sulfide) groups is 1. The normalized spacial score (nSPS) is 20.8. The molecule has 2 aromatic rings. The number of aliphatic imine (C=N–C) groups is 1. The lowest BCUT2D eigenvalue weighted by Crippen LogP contribution is -2.39. The molecule has 5 rings (SSSR count). The Morgan fingerprint density at radius 2 is 1.86 bits per heavy atom. The Balaban J connectivity index is 1.43. The molecule has 0 saturated carbocycles. The van der Waals surface area contributed by atoms with E-state index in [1.54, 1.807) is 6.92 Å². The van der Waals surface area contributed by atoms with Crippen molar-refractivity contribution in [2.45, 2.75) is 58.5 Å². The number of esters is 1. The zero-order chi connectivity index (χ0) is 25.2. The number of rotatable bonds is 6. The first kappa shape index (κ1) is 24.4. The van der Waals surface area contributed by atoms with E-state index in [1.165, 1.54) is 22.9 Å². The van der Waals surface area contributed by atoms with Crippen molar-refractivity contribution in [2.24, 2.45) is 4.99 Å². The molecular weight excluding hydrogens is 470 g/mol. The van der Waals surface area contributed by atoms with Crippen LogP contribution in [0.2, 0.25) is 0 Å². The fraction of sp³-hybridized carbons (Fsp3) is 0.345. The molecule has 0 aromatic heterocycles. The van der Waals surface area contributed by atoms with E-state index in [-0.39, 0.29) is 30.9 Å². The molecule has 3 aliphatic rings. The number of aryl methyl sites for hydroxylation is 2. The van der Waals surface area contributed by atoms with Crippen molar-refractivity contribution < 1.29 is 14.3 Å². The largest absolute Gasteiger partial charge is 0.463 e. The molecule has 0 spiro atoms. The third kappa shape index (κ3) is 4.60. The number of benzene rings is 2. The molecule has 2 heterocycles. The van der Waals surface area contributed by atoms with E-state index < -0.39 is 6.04 Å². The Morgan fingerprint density at radius 3 is 2.64 bits per heavy atom. The van der Waals surface area contributed by atoms with E-state index in [4.69, 9.17) is 9.73 Å². The molecule has 0 bridgehead atoms. The van der Waals surface area contributed by atoms with Crippen LogP contribution in [0.4, 0.5) is 0 Å². The van der Waals surface area contributed by atoms with Crippen LogP contribution >= 0.6 is 11.8 Å². The predicted octanol–water partition coefficient (Wildman–Crippen LogP) is 5.72. The van der Waals surface area contributed by atoms with Gasteiger partial charge in [-0.2, -0.15) is 0 Å². The zero-order valence-electron chi connectivity index (χ0n) is 20.9. The maximum atomic E-state index is 13.3. The van der Waals surface area contributed by atoms with Crippen LogP contribution in [0.5, 0.6) is 0 Å². The summed E-state index contributed by atoms with van der Waals surface area (Å²) in [5, 5.41) is 6.03. The van der Waals surface area contributed by atoms with E-state index >= 15 is 0 Å².